The van der Waals surface area contributed by atoms with Crippen molar-refractivity contribution in [3.8, 4) is 5.75 Å². The van der Waals surface area contributed by atoms with Crippen LogP contribution in [0.1, 0.15) is 49.8 Å². The molecular formula is C26H41N5O. The topological polar surface area (TPSA) is 63.7 Å². The monoisotopic (exact) mass is 439 g/mol. The second-order valence-corrected chi connectivity index (χ2v) is 9.19. The second kappa shape index (κ2) is 11.5. The minimum atomic E-state index is 0.248. The van der Waals surface area contributed by atoms with E-state index in [0.717, 1.165) is 44.8 Å². The van der Waals surface area contributed by atoms with Gasteiger partial charge in [-0.15, -0.1) is 0 Å². The van der Waals surface area contributed by atoms with Gasteiger partial charge < -0.3 is 20.6 Å². The minimum absolute atomic E-state index is 0.248. The first-order valence-electron chi connectivity index (χ1n) is 12.1. The average Bonchev–Trinajstić information content (AvgIpc) is 2.77. The van der Waals surface area contributed by atoms with E-state index in [1.54, 1.807) is 12.3 Å². The molecule has 3 rings (SSSR count). The predicted molar refractivity (Wildman–Crippen MR) is 135 cm³/mol. The number of piperazine rings is 1. The van der Waals surface area contributed by atoms with E-state index in [1.165, 1.54) is 29.5 Å². The van der Waals surface area contributed by atoms with Crippen LogP contribution in [0.3, 0.4) is 0 Å². The molecule has 0 spiro atoms. The largest absolute Gasteiger partial charge is 0.504 e. The van der Waals surface area contributed by atoms with Crippen LogP contribution in [-0.2, 0) is 6.54 Å². The van der Waals surface area contributed by atoms with Gasteiger partial charge in [-0.3, -0.25) is 4.90 Å². The molecule has 2 atom stereocenters. The van der Waals surface area contributed by atoms with Crippen LogP contribution < -0.4 is 15.5 Å². The molecule has 0 radical (unpaired) electrons. The molecule has 176 valence electrons. The molecule has 0 aliphatic carbocycles. The first-order chi connectivity index (χ1) is 15.4. The summed E-state index contributed by atoms with van der Waals surface area (Å²) in [6, 6.07) is 9.46. The fourth-order valence-corrected chi connectivity index (χ4v) is 4.88. The highest BCUT2D eigenvalue weighted by Crippen LogP contribution is 2.30. The van der Waals surface area contributed by atoms with Crippen LogP contribution in [0.25, 0.3) is 0 Å². The molecule has 0 saturated carbocycles. The minimum Gasteiger partial charge on any atom is -0.504 e. The molecule has 6 heteroatoms. The highest BCUT2D eigenvalue weighted by molar-refractivity contribution is 5.58. The fourth-order valence-electron chi connectivity index (χ4n) is 4.88. The van der Waals surface area contributed by atoms with E-state index in [-0.39, 0.29) is 5.75 Å². The van der Waals surface area contributed by atoms with E-state index in [2.05, 4.69) is 71.3 Å². The van der Waals surface area contributed by atoms with E-state index in [0.29, 0.717) is 17.9 Å². The lowest BCUT2D eigenvalue weighted by Crippen LogP contribution is -2.56. The van der Waals surface area contributed by atoms with E-state index < -0.39 is 0 Å². The van der Waals surface area contributed by atoms with Crippen molar-refractivity contribution < 1.29 is 5.11 Å². The third-order valence-electron chi connectivity index (χ3n) is 6.67. The number of hydrogen-bond acceptors (Lipinski definition) is 6. The zero-order chi connectivity index (χ0) is 23.1. The van der Waals surface area contributed by atoms with E-state index in [1.807, 2.05) is 7.05 Å². The van der Waals surface area contributed by atoms with Crippen molar-refractivity contribution in [1.82, 2.24) is 15.2 Å². The van der Waals surface area contributed by atoms with Crippen LogP contribution in [0.2, 0.25) is 0 Å². The maximum Gasteiger partial charge on any atom is 0.171 e. The maximum atomic E-state index is 10.4. The van der Waals surface area contributed by atoms with Gasteiger partial charge in [0, 0.05) is 51.4 Å². The normalized spacial score (nSPS) is 18.0. The highest BCUT2D eigenvalue weighted by atomic mass is 16.3. The Morgan fingerprint density at radius 1 is 1.19 bits per heavy atom. The lowest BCUT2D eigenvalue weighted by Gasteiger charge is -2.44. The number of aromatic hydroxyl groups is 1. The number of pyridine rings is 1. The van der Waals surface area contributed by atoms with E-state index >= 15 is 0 Å². The highest BCUT2D eigenvalue weighted by Gasteiger charge is 2.30. The Kier molecular flexibility index (Phi) is 8.76. The van der Waals surface area contributed by atoms with Gasteiger partial charge in [0.2, 0.25) is 0 Å². The molecule has 2 heterocycles. The van der Waals surface area contributed by atoms with E-state index in [4.69, 9.17) is 0 Å². The molecule has 1 aliphatic heterocycles. The Morgan fingerprint density at radius 3 is 2.66 bits per heavy atom. The lowest BCUT2D eigenvalue weighted by molar-refractivity contribution is 0.114. The van der Waals surface area contributed by atoms with Gasteiger partial charge in [0.1, 0.15) is 0 Å². The van der Waals surface area contributed by atoms with Crippen molar-refractivity contribution in [1.29, 1.82) is 0 Å². The molecule has 1 aromatic carbocycles. The molecule has 32 heavy (non-hydrogen) atoms. The Labute approximate surface area is 194 Å². The summed E-state index contributed by atoms with van der Waals surface area (Å²) in [4.78, 5) is 9.38. The van der Waals surface area contributed by atoms with Crippen molar-refractivity contribution in [2.45, 2.75) is 65.6 Å². The van der Waals surface area contributed by atoms with Crippen molar-refractivity contribution >= 4 is 11.5 Å². The zero-order valence-corrected chi connectivity index (χ0v) is 20.5. The number of hydrogen-bond donors (Lipinski definition) is 3. The van der Waals surface area contributed by atoms with Crippen molar-refractivity contribution in [2.24, 2.45) is 0 Å². The summed E-state index contributed by atoms with van der Waals surface area (Å²) in [6.45, 7) is 13.7. The van der Waals surface area contributed by atoms with Crippen LogP contribution >= 0.6 is 0 Å². The molecule has 6 nitrogen and oxygen atoms in total. The number of aryl methyl sites for hydroxylation is 2. The van der Waals surface area contributed by atoms with Crippen LogP contribution in [0.15, 0.2) is 30.5 Å². The van der Waals surface area contributed by atoms with Gasteiger partial charge in [-0.1, -0.05) is 37.1 Å². The SMILES string of the molecule is CCCC(CCNCc1ccc(C)cc1C)N1CCN(c2ncc(NC)cc2O)CC1C. The van der Waals surface area contributed by atoms with Gasteiger partial charge in [-0.25, -0.2) is 4.98 Å². The number of nitrogens with one attached hydrogen (secondary N) is 2. The zero-order valence-electron chi connectivity index (χ0n) is 20.5. The summed E-state index contributed by atoms with van der Waals surface area (Å²) < 4.78 is 0. The third kappa shape index (κ3) is 6.14. The Bertz CT molecular complexity index is 871. The average molecular weight is 440 g/mol. The summed E-state index contributed by atoms with van der Waals surface area (Å²) in [6.07, 6.45) is 5.36. The Hall–Kier alpha value is -2.31. The summed E-state index contributed by atoms with van der Waals surface area (Å²) in [5.74, 6) is 0.941. The number of nitrogens with zero attached hydrogens (tertiary/aromatic N) is 3. The fraction of sp³-hybridized carbons (Fsp3) is 0.577. The Balaban J connectivity index is 1.54. The number of anilines is 2. The molecule has 1 fully saturated rings. The van der Waals surface area contributed by atoms with Crippen molar-refractivity contribution in [3.05, 3.63) is 47.2 Å². The maximum absolute atomic E-state index is 10.4. The van der Waals surface area contributed by atoms with Gasteiger partial charge in [0.15, 0.2) is 11.6 Å². The lowest BCUT2D eigenvalue weighted by atomic mass is 10.0. The van der Waals surface area contributed by atoms with Gasteiger partial charge in [-0.05, 0) is 51.3 Å². The number of benzene rings is 1. The molecule has 1 aromatic heterocycles. The number of aromatic nitrogens is 1. The quantitative estimate of drug-likeness (QED) is 0.480. The molecule has 3 N–H and O–H groups in total. The third-order valence-corrected chi connectivity index (χ3v) is 6.67. The molecular weight excluding hydrogens is 398 g/mol. The molecule has 2 aromatic rings. The van der Waals surface area contributed by atoms with Gasteiger partial charge in [-0.2, -0.15) is 0 Å². The first-order valence-corrected chi connectivity index (χ1v) is 12.1. The van der Waals surface area contributed by atoms with Gasteiger partial charge in [0.05, 0.1) is 11.9 Å². The van der Waals surface area contributed by atoms with Crippen molar-refractivity contribution in [3.63, 3.8) is 0 Å². The van der Waals surface area contributed by atoms with Crippen molar-refractivity contribution in [2.75, 3.05) is 43.4 Å². The summed E-state index contributed by atoms with van der Waals surface area (Å²) in [5.41, 5.74) is 4.91. The molecule has 2 unspecified atom stereocenters. The van der Waals surface area contributed by atoms with Crippen LogP contribution in [0.5, 0.6) is 5.75 Å². The summed E-state index contributed by atoms with van der Waals surface area (Å²) in [5, 5.41) is 17.1. The van der Waals surface area contributed by atoms with Crippen LogP contribution in [-0.4, -0.2) is 60.3 Å². The second-order valence-electron chi connectivity index (χ2n) is 9.19. The van der Waals surface area contributed by atoms with Gasteiger partial charge >= 0.3 is 0 Å². The van der Waals surface area contributed by atoms with Crippen LogP contribution in [0.4, 0.5) is 11.5 Å². The molecule has 1 saturated heterocycles. The Morgan fingerprint density at radius 2 is 2.00 bits per heavy atom. The molecule has 0 bridgehead atoms. The predicted octanol–water partition coefficient (Wildman–Crippen LogP) is 4.30. The van der Waals surface area contributed by atoms with E-state index in [9.17, 15) is 5.11 Å². The summed E-state index contributed by atoms with van der Waals surface area (Å²) in [7, 11) is 1.83. The molecule has 0 amide bonds. The first kappa shape index (κ1) is 24.3. The smallest absolute Gasteiger partial charge is 0.171 e. The molecule has 1 aliphatic rings. The summed E-state index contributed by atoms with van der Waals surface area (Å²) >= 11 is 0. The van der Waals surface area contributed by atoms with Crippen LogP contribution in [0, 0.1) is 13.8 Å². The standard InChI is InChI=1S/C26H41N5O/c1-6-7-24(10-11-28-16-22-9-8-19(2)14-20(22)3)31-13-12-30(18-21(31)4)26-25(32)15-23(27-5)17-29-26/h8-9,14-15,17,21,24,27-28,32H,6-7,10-13,16,18H2,1-5H3. The number of rotatable bonds is 10. The van der Waals surface area contributed by atoms with Gasteiger partial charge in [0.25, 0.3) is 0 Å².